The number of H-pyrrole nitrogens is 1. The second-order valence-electron chi connectivity index (χ2n) is 2.35. The smallest absolute Gasteiger partial charge is 0.278 e. The van der Waals surface area contributed by atoms with E-state index >= 15 is 0 Å². The van der Waals surface area contributed by atoms with Crippen LogP contribution in [0.5, 0.6) is 0 Å². The summed E-state index contributed by atoms with van der Waals surface area (Å²) >= 11 is 5.42. The minimum Gasteiger partial charge on any atom is -0.392 e. The number of aliphatic hydroxyl groups is 1. The minimum atomic E-state index is -2.78. The second kappa shape index (κ2) is 3.85. The lowest BCUT2D eigenvalue weighted by atomic mass is 10.2. The number of hydrogen-bond acceptors (Lipinski definition) is 2. The van der Waals surface area contributed by atoms with Gasteiger partial charge < -0.3 is 10.1 Å². The molecule has 1 heterocycles. The van der Waals surface area contributed by atoms with Gasteiger partial charge in [0.15, 0.2) is 0 Å². The van der Waals surface area contributed by atoms with E-state index in [-0.39, 0.29) is 10.6 Å². The molecular weight excluding hydrogens is 204 g/mol. The molecule has 2 N–H and O–H groups in total. The molecule has 72 valence electrons. The van der Waals surface area contributed by atoms with Crippen molar-refractivity contribution in [2.75, 3.05) is 0 Å². The lowest BCUT2D eigenvalue weighted by Crippen LogP contribution is -2.12. The molecule has 6 heteroatoms. The van der Waals surface area contributed by atoms with Gasteiger partial charge in [-0.05, 0) is 6.07 Å². The highest BCUT2D eigenvalue weighted by Gasteiger charge is 2.12. The van der Waals surface area contributed by atoms with E-state index in [1.165, 1.54) is 0 Å². The molecule has 0 aromatic carbocycles. The lowest BCUT2D eigenvalue weighted by molar-refractivity contribution is 0.145. The first-order valence-electron chi connectivity index (χ1n) is 3.37. The van der Waals surface area contributed by atoms with Gasteiger partial charge in [-0.25, -0.2) is 8.78 Å². The first kappa shape index (κ1) is 10.1. The zero-order valence-corrected chi connectivity index (χ0v) is 7.11. The molecule has 0 spiro atoms. The maximum absolute atomic E-state index is 12.1. The highest BCUT2D eigenvalue weighted by molar-refractivity contribution is 6.31. The first-order chi connectivity index (χ1) is 6.06. The molecule has 1 rings (SSSR count). The zero-order chi connectivity index (χ0) is 10.0. The molecule has 0 fully saturated rings. The van der Waals surface area contributed by atoms with Crippen molar-refractivity contribution < 1.29 is 13.9 Å². The second-order valence-corrected chi connectivity index (χ2v) is 2.73. The highest BCUT2D eigenvalue weighted by Crippen LogP contribution is 2.19. The van der Waals surface area contributed by atoms with Gasteiger partial charge in [0.1, 0.15) is 5.02 Å². The minimum absolute atomic E-state index is 0.000664. The average Bonchev–Trinajstić information content (AvgIpc) is 2.09. The van der Waals surface area contributed by atoms with Crippen LogP contribution in [-0.2, 0) is 6.61 Å². The maximum Gasteiger partial charge on any atom is 0.278 e. The summed E-state index contributed by atoms with van der Waals surface area (Å²) in [4.78, 5) is 12.8. The fourth-order valence-corrected chi connectivity index (χ4v) is 1.01. The third-order valence-electron chi connectivity index (χ3n) is 1.47. The normalized spacial score (nSPS) is 10.8. The van der Waals surface area contributed by atoms with Crippen LogP contribution in [0.4, 0.5) is 8.78 Å². The molecular formula is C7H6ClF2NO2. The summed E-state index contributed by atoms with van der Waals surface area (Å²) in [6.07, 6.45) is -2.78. The van der Waals surface area contributed by atoms with Crippen LogP contribution in [0.15, 0.2) is 10.9 Å². The van der Waals surface area contributed by atoms with E-state index < -0.39 is 24.3 Å². The predicted octanol–water partition coefficient (Wildman–Crippen LogP) is 1.46. The van der Waals surface area contributed by atoms with Gasteiger partial charge in [0.25, 0.3) is 12.0 Å². The number of halogens is 3. The first-order valence-corrected chi connectivity index (χ1v) is 3.74. The monoisotopic (exact) mass is 209 g/mol. The molecule has 0 aliphatic rings. The Hall–Kier alpha value is -0.940. The Morgan fingerprint density at radius 3 is 2.69 bits per heavy atom. The Morgan fingerprint density at radius 1 is 1.62 bits per heavy atom. The van der Waals surface area contributed by atoms with Crippen LogP contribution in [-0.4, -0.2) is 10.1 Å². The summed E-state index contributed by atoms with van der Waals surface area (Å²) in [5.41, 5.74) is -1.36. The molecule has 1 aromatic rings. The van der Waals surface area contributed by atoms with Crippen molar-refractivity contribution in [3.05, 3.63) is 32.7 Å². The van der Waals surface area contributed by atoms with Gasteiger partial charge in [-0.2, -0.15) is 0 Å². The van der Waals surface area contributed by atoms with E-state index in [9.17, 15) is 13.6 Å². The number of alkyl halides is 2. The molecule has 0 radical (unpaired) electrons. The number of nitrogens with one attached hydrogen (secondary N) is 1. The highest BCUT2D eigenvalue weighted by atomic mass is 35.5. The van der Waals surface area contributed by atoms with Gasteiger partial charge in [-0.1, -0.05) is 11.6 Å². The summed E-state index contributed by atoms with van der Waals surface area (Å²) in [6.45, 7) is -0.539. The largest absolute Gasteiger partial charge is 0.392 e. The number of aromatic nitrogens is 1. The summed E-state index contributed by atoms with van der Waals surface area (Å²) in [6, 6.07) is 0.967. The van der Waals surface area contributed by atoms with Crippen molar-refractivity contribution in [1.82, 2.24) is 4.98 Å². The fraction of sp³-hybridized carbons (Fsp3) is 0.286. The van der Waals surface area contributed by atoms with E-state index in [0.29, 0.717) is 0 Å². The molecule has 0 atom stereocenters. The third-order valence-corrected chi connectivity index (χ3v) is 1.89. The molecule has 0 unspecified atom stereocenters. The van der Waals surface area contributed by atoms with E-state index in [1.54, 1.807) is 0 Å². The standard InChI is InChI=1S/C7H6ClF2NO2/c8-5-3(2-12)1-4(6(9)10)11-7(5)13/h1,6,12H,2H2,(H,11,13). The van der Waals surface area contributed by atoms with Crippen molar-refractivity contribution >= 4 is 11.6 Å². The number of hydrogen-bond donors (Lipinski definition) is 2. The number of pyridine rings is 1. The van der Waals surface area contributed by atoms with E-state index in [2.05, 4.69) is 0 Å². The van der Waals surface area contributed by atoms with E-state index in [0.717, 1.165) is 6.07 Å². The molecule has 0 saturated carbocycles. The molecule has 3 nitrogen and oxygen atoms in total. The van der Waals surface area contributed by atoms with Crippen molar-refractivity contribution in [2.45, 2.75) is 13.0 Å². The van der Waals surface area contributed by atoms with Crippen LogP contribution in [0.3, 0.4) is 0 Å². The Kier molecular flexibility index (Phi) is 3.00. The van der Waals surface area contributed by atoms with Crippen molar-refractivity contribution in [3.8, 4) is 0 Å². The van der Waals surface area contributed by atoms with Gasteiger partial charge in [0.05, 0.1) is 12.3 Å². The van der Waals surface area contributed by atoms with Crippen LogP contribution in [0.2, 0.25) is 5.02 Å². The van der Waals surface area contributed by atoms with Crippen LogP contribution in [0.25, 0.3) is 0 Å². The molecule has 13 heavy (non-hydrogen) atoms. The Labute approximate surface area is 77.0 Å². The molecule has 0 bridgehead atoms. The topological polar surface area (TPSA) is 53.1 Å². The van der Waals surface area contributed by atoms with Crippen LogP contribution in [0, 0.1) is 0 Å². The number of aromatic amines is 1. The van der Waals surface area contributed by atoms with Crippen LogP contribution >= 0.6 is 11.6 Å². The molecule has 0 aliphatic heterocycles. The van der Waals surface area contributed by atoms with Crippen molar-refractivity contribution in [2.24, 2.45) is 0 Å². The maximum atomic E-state index is 12.1. The summed E-state index contributed by atoms with van der Waals surface area (Å²) in [5.74, 6) is 0. The van der Waals surface area contributed by atoms with E-state index in [1.807, 2.05) is 4.98 Å². The van der Waals surface area contributed by atoms with Crippen molar-refractivity contribution in [1.29, 1.82) is 0 Å². The number of rotatable bonds is 2. The Morgan fingerprint density at radius 2 is 2.23 bits per heavy atom. The van der Waals surface area contributed by atoms with Crippen LogP contribution < -0.4 is 5.56 Å². The third kappa shape index (κ3) is 2.05. The molecule has 0 saturated heterocycles. The SMILES string of the molecule is O=c1[nH]c(C(F)F)cc(CO)c1Cl. The predicted molar refractivity (Wildman–Crippen MR) is 43.0 cm³/mol. The van der Waals surface area contributed by atoms with Crippen molar-refractivity contribution in [3.63, 3.8) is 0 Å². The quantitative estimate of drug-likeness (QED) is 0.775. The summed E-state index contributed by atoms with van der Waals surface area (Å²) in [7, 11) is 0. The van der Waals surface area contributed by atoms with Gasteiger partial charge in [-0.15, -0.1) is 0 Å². The van der Waals surface area contributed by atoms with Crippen LogP contribution in [0.1, 0.15) is 17.7 Å². The van der Waals surface area contributed by atoms with E-state index in [4.69, 9.17) is 16.7 Å². The zero-order valence-electron chi connectivity index (χ0n) is 6.35. The fourth-order valence-electron chi connectivity index (χ4n) is 0.852. The summed E-state index contributed by atoms with van der Waals surface area (Å²) < 4.78 is 24.2. The average molecular weight is 210 g/mol. The van der Waals surface area contributed by atoms with Gasteiger partial charge in [-0.3, -0.25) is 4.79 Å². The van der Waals surface area contributed by atoms with Gasteiger partial charge in [0, 0.05) is 5.56 Å². The summed E-state index contributed by atoms with van der Waals surface area (Å²) in [5, 5.41) is 8.41. The number of aliphatic hydroxyl groups excluding tert-OH is 1. The lowest BCUT2D eigenvalue weighted by Gasteiger charge is -2.03. The Balaban J connectivity index is 3.31. The van der Waals surface area contributed by atoms with Gasteiger partial charge in [0.2, 0.25) is 0 Å². The molecule has 0 amide bonds. The Bertz CT molecular complexity index is 364. The van der Waals surface area contributed by atoms with Gasteiger partial charge >= 0.3 is 0 Å². The molecule has 0 aliphatic carbocycles. The molecule has 1 aromatic heterocycles.